The van der Waals surface area contributed by atoms with Crippen LogP contribution < -0.4 is 4.90 Å². The molecule has 0 spiro atoms. The van der Waals surface area contributed by atoms with Gasteiger partial charge in [-0.2, -0.15) is 5.26 Å². The van der Waals surface area contributed by atoms with Gasteiger partial charge in [0.1, 0.15) is 0 Å². The van der Waals surface area contributed by atoms with Crippen molar-refractivity contribution in [3.05, 3.63) is 29.8 Å². The first-order valence-corrected chi connectivity index (χ1v) is 8.73. The van der Waals surface area contributed by atoms with Crippen LogP contribution in [0.3, 0.4) is 0 Å². The summed E-state index contributed by atoms with van der Waals surface area (Å²) < 4.78 is 0. The highest BCUT2D eigenvalue weighted by Crippen LogP contribution is 2.20. The zero-order valence-electron chi connectivity index (χ0n) is 14.9. The minimum atomic E-state index is 0.0534. The van der Waals surface area contributed by atoms with Crippen LogP contribution in [0, 0.1) is 11.3 Å². The van der Waals surface area contributed by atoms with Gasteiger partial charge in [-0.05, 0) is 44.0 Å². The van der Waals surface area contributed by atoms with E-state index in [9.17, 15) is 4.79 Å². The van der Waals surface area contributed by atoms with E-state index in [0.29, 0.717) is 19.5 Å². The molecule has 0 saturated carbocycles. The fraction of sp³-hybridized carbons (Fsp3) is 0.579. The monoisotopic (exact) mass is 328 g/mol. The standard InChI is InChI=1S/C19H28N4O/c1-21(16-19(24)22(2)12-6-11-20)15-17-7-9-18(10-8-17)23-13-4-3-5-14-23/h7-10H,3-6,12-16H2,1-2H3. The quantitative estimate of drug-likeness (QED) is 0.771. The zero-order valence-corrected chi connectivity index (χ0v) is 14.9. The molecule has 1 saturated heterocycles. The number of likely N-dealkylation sites (N-methyl/N-ethyl adjacent to an activating group) is 2. The molecule has 1 aromatic rings. The van der Waals surface area contributed by atoms with Gasteiger partial charge in [0.25, 0.3) is 0 Å². The number of anilines is 1. The molecular formula is C19H28N4O. The highest BCUT2D eigenvalue weighted by atomic mass is 16.2. The molecule has 0 aromatic heterocycles. The van der Waals surface area contributed by atoms with Gasteiger partial charge in [0.2, 0.25) is 5.91 Å². The molecule has 1 amide bonds. The molecule has 1 aromatic carbocycles. The Morgan fingerprint density at radius 1 is 1.17 bits per heavy atom. The van der Waals surface area contributed by atoms with Crippen molar-refractivity contribution in [1.29, 1.82) is 5.26 Å². The van der Waals surface area contributed by atoms with Crippen LogP contribution in [0.15, 0.2) is 24.3 Å². The zero-order chi connectivity index (χ0) is 17.4. The number of nitrogens with zero attached hydrogens (tertiary/aromatic N) is 4. The van der Waals surface area contributed by atoms with E-state index >= 15 is 0 Å². The van der Waals surface area contributed by atoms with Crippen molar-refractivity contribution < 1.29 is 4.79 Å². The average Bonchev–Trinajstić information content (AvgIpc) is 2.61. The summed E-state index contributed by atoms with van der Waals surface area (Å²) in [7, 11) is 3.70. The fourth-order valence-electron chi connectivity index (χ4n) is 3.03. The normalized spacial score (nSPS) is 14.5. The minimum absolute atomic E-state index is 0.0534. The number of hydrogen-bond acceptors (Lipinski definition) is 4. The van der Waals surface area contributed by atoms with E-state index in [4.69, 9.17) is 5.26 Å². The van der Waals surface area contributed by atoms with Gasteiger partial charge in [0.15, 0.2) is 0 Å². The Kier molecular flexibility index (Phi) is 7.07. The molecule has 0 unspecified atom stereocenters. The third-order valence-electron chi connectivity index (χ3n) is 4.50. The lowest BCUT2D eigenvalue weighted by Gasteiger charge is -2.29. The molecule has 5 nitrogen and oxygen atoms in total. The van der Waals surface area contributed by atoms with Gasteiger partial charge in [-0.1, -0.05) is 12.1 Å². The molecule has 0 N–H and O–H groups in total. The molecule has 130 valence electrons. The van der Waals surface area contributed by atoms with Crippen LogP contribution >= 0.6 is 0 Å². The third-order valence-corrected chi connectivity index (χ3v) is 4.50. The Morgan fingerprint density at radius 2 is 1.83 bits per heavy atom. The highest BCUT2D eigenvalue weighted by molar-refractivity contribution is 5.77. The summed E-state index contributed by atoms with van der Waals surface area (Å²) in [6.07, 6.45) is 4.29. The molecule has 1 aliphatic heterocycles. The van der Waals surface area contributed by atoms with Crippen molar-refractivity contribution in [3.63, 3.8) is 0 Å². The first kappa shape index (κ1) is 18.3. The summed E-state index contributed by atoms with van der Waals surface area (Å²) in [6, 6.07) is 10.8. The summed E-state index contributed by atoms with van der Waals surface area (Å²) in [4.78, 5) is 18.2. The van der Waals surface area contributed by atoms with Crippen LogP contribution in [0.4, 0.5) is 5.69 Å². The Morgan fingerprint density at radius 3 is 2.46 bits per heavy atom. The van der Waals surface area contributed by atoms with Gasteiger partial charge in [0.05, 0.1) is 19.0 Å². The van der Waals surface area contributed by atoms with Gasteiger partial charge in [-0.15, -0.1) is 0 Å². The van der Waals surface area contributed by atoms with Crippen molar-refractivity contribution >= 4 is 11.6 Å². The lowest BCUT2D eigenvalue weighted by molar-refractivity contribution is -0.130. The molecule has 1 heterocycles. The summed E-state index contributed by atoms with van der Waals surface area (Å²) in [5.74, 6) is 0.0534. The van der Waals surface area contributed by atoms with Gasteiger partial charge >= 0.3 is 0 Å². The number of amides is 1. The number of rotatable bonds is 7. The van der Waals surface area contributed by atoms with E-state index in [-0.39, 0.29) is 5.91 Å². The predicted molar refractivity (Wildman–Crippen MR) is 96.7 cm³/mol. The Hall–Kier alpha value is -2.06. The number of hydrogen-bond donors (Lipinski definition) is 0. The molecule has 5 heteroatoms. The van der Waals surface area contributed by atoms with E-state index in [1.54, 1.807) is 11.9 Å². The van der Waals surface area contributed by atoms with Crippen molar-refractivity contribution in [2.24, 2.45) is 0 Å². The number of benzene rings is 1. The molecule has 1 fully saturated rings. The number of piperidine rings is 1. The average molecular weight is 328 g/mol. The Bertz CT molecular complexity index is 558. The predicted octanol–water partition coefficient (Wildman–Crippen LogP) is 2.48. The van der Waals surface area contributed by atoms with Gasteiger partial charge in [-0.3, -0.25) is 9.69 Å². The van der Waals surface area contributed by atoms with Gasteiger partial charge < -0.3 is 9.80 Å². The summed E-state index contributed by atoms with van der Waals surface area (Å²) >= 11 is 0. The van der Waals surface area contributed by atoms with Gasteiger partial charge in [0, 0.05) is 38.9 Å². The van der Waals surface area contributed by atoms with Crippen LogP contribution in [-0.4, -0.2) is 56.0 Å². The van der Waals surface area contributed by atoms with E-state index in [0.717, 1.165) is 19.6 Å². The maximum Gasteiger partial charge on any atom is 0.236 e. The second-order valence-electron chi connectivity index (χ2n) is 6.61. The molecule has 2 rings (SSSR count). The summed E-state index contributed by atoms with van der Waals surface area (Å²) in [6.45, 7) is 3.92. The second-order valence-corrected chi connectivity index (χ2v) is 6.61. The van der Waals surface area contributed by atoms with Crippen molar-refractivity contribution in [2.75, 3.05) is 45.2 Å². The van der Waals surface area contributed by atoms with E-state index in [2.05, 4.69) is 35.2 Å². The molecule has 24 heavy (non-hydrogen) atoms. The fourth-order valence-corrected chi connectivity index (χ4v) is 3.03. The smallest absolute Gasteiger partial charge is 0.236 e. The third kappa shape index (κ3) is 5.54. The molecule has 0 aliphatic carbocycles. The van der Waals surface area contributed by atoms with Crippen molar-refractivity contribution in [1.82, 2.24) is 9.80 Å². The van der Waals surface area contributed by atoms with E-state index in [1.165, 1.54) is 30.5 Å². The first-order chi connectivity index (χ1) is 11.6. The van der Waals surface area contributed by atoms with Crippen LogP contribution in [0.2, 0.25) is 0 Å². The lowest BCUT2D eigenvalue weighted by atomic mass is 10.1. The SMILES string of the molecule is CN(CC(=O)N(C)CCC#N)Cc1ccc(N2CCCCC2)cc1. The molecule has 0 radical (unpaired) electrons. The topological polar surface area (TPSA) is 50.6 Å². The summed E-state index contributed by atoms with van der Waals surface area (Å²) in [5.41, 5.74) is 2.51. The summed E-state index contributed by atoms with van der Waals surface area (Å²) in [5, 5.41) is 8.59. The highest BCUT2D eigenvalue weighted by Gasteiger charge is 2.13. The van der Waals surface area contributed by atoms with Crippen molar-refractivity contribution in [2.45, 2.75) is 32.2 Å². The first-order valence-electron chi connectivity index (χ1n) is 8.73. The van der Waals surface area contributed by atoms with Crippen molar-refractivity contribution in [3.8, 4) is 6.07 Å². The molecule has 0 atom stereocenters. The largest absolute Gasteiger partial charge is 0.372 e. The maximum atomic E-state index is 12.1. The Labute approximate surface area is 145 Å². The molecular weight excluding hydrogens is 300 g/mol. The van der Waals surface area contributed by atoms with E-state index < -0.39 is 0 Å². The van der Waals surface area contributed by atoms with E-state index in [1.807, 2.05) is 11.9 Å². The van der Waals surface area contributed by atoms with Crippen LogP contribution in [0.5, 0.6) is 0 Å². The number of carbonyl (C=O) groups excluding carboxylic acids is 1. The number of carbonyl (C=O) groups is 1. The number of nitriles is 1. The second kappa shape index (κ2) is 9.29. The maximum absolute atomic E-state index is 12.1. The Balaban J connectivity index is 1.82. The van der Waals surface area contributed by atoms with Crippen LogP contribution in [0.1, 0.15) is 31.2 Å². The minimum Gasteiger partial charge on any atom is -0.372 e. The van der Waals surface area contributed by atoms with Crippen LogP contribution in [0.25, 0.3) is 0 Å². The van der Waals surface area contributed by atoms with Gasteiger partial charge in [-0.25, -0.2) is 0 Å². The van der Waals surface area contributed by atoms with Crippen LogP contribution in [-0.2, 0) is 11.3 Å². The molecule has 0 bridgehead atoms. The lowest BCUT2D eigenvalue weighted by Crippen LogP contribution is -2.36. The molecule has 1 aliphatic rings.